The van der Waals surface area contributed by atoms with E-state index in [1.807, 2.05) is 46.0 Å². The number of nitrogens with one attached hydrogen (secondary N) is 2. The van der Waals surface area contributed by atoms with Gasteiger partial charge in [-0.1, -0.05) is 29.8 Å². The minimum atomic E-state index is -0.162. The fourth-order valence-electron chi connectivity index (χ4n) is 4.67. The number of amides is 3. The molecule has 0 atom stereocenters. The van der Waals surface area contributed by atoms with Gasteiger partial charge in [0.25, 0.3) is 5.91 Å². The van der Waals surface area contributed by atoms with Gasteiger partial charge in [-0.25, -0.2) is 9.48 Å². The van der Waals surface area contributed by atoms with Crippen molar-refractivity contribution in [3.05, 3.63) is 76.6 Å². The van der Waals surface area contributed by atoms with Crippen LogP contribution >= 0.6 is 0 Å². The van der Waals surface area contributed by atoms with E-state index in [9.17, 15) is 9.59 Å². The van der Waals surface area contributed by atoms with E-state index in [0.717, 1.165) is 73.4 Å². The standard InChI is InChI=1S/C26H29N5O2/c1-18-10-12-21(13-11-18)31-23-9-5-8-22(23)24(29-31)25(32)27-17-19-6-4-7-20(16-19)28-26(33)30-14-2-3-15-30/h4,6-7,10-13,16H,2-3,5,8-9,14-15,17H2,1H3,(H,27,32)(H,28,33). The highest BCUT2D eigenvalue weighted by molar-refractivity contribution is 5.94. The summed E-state index contributed by atoms with van der Waals surface area (Å²) in [5.74, 6) is -0.162. The maximum atomic E-state index is 13.0. The number of aryl methyl sites for hydroxylation is 1. The first-order valence-electron chi connectivity index (χ1n) is 11.7. The fourth-order valence-corrected chi connectivity index (χ4v) is 4.67. The average Bonchev–Trinajstić information content (AvgIpc) is 3.56. The number of nitrogens with zero attached hydrogens (tertiary/aromatic N) is 3. The number of carbonyl (C=O) groups excluding carboxylic acids is 2. The third-order valence-corrected chi connectivity index (χ3v) is 6.45. The van der Waals surface area contributed by atoms with E-state index in [1.165, 1.54) is 5.56 Å². The second kappa shape index (κ2) is 9.10. The van der Waals surface area contributed by atoms with Gasteiger partial charge in [0.15, 0.2) is 5.69 Å². The van der Waals surface area contributed by atoms with E-state index < -0.39 is 0 Å². The van der Waals surface area contributed by atoms with Crippen LogP contribution in [0.25, 0.3) is 5.69 Å². The van der Waals surface area contributed by atoms with Gasteiger partial charge in [-0.15, -0.1) is 0 Å². The first kappa shape index (κ1) is 21.2. The lowest BCUT2D eigenvalue weighted by Crippen LogP contribution is -2.32. The molecule has 0 bridgehead atoms. The maximum absolute atomic E-state index is 13.0. The number of anilines is 1. The molecule has 0 unspecified atom stereocenters. The van der Waals surface area contributed by atoms with Gasteiger partial charge in [0.05, 0.1) is 5.69 Å². The molecule has 33 heavy (non-hydrogen) atoms. The van der Waals surface area contributed by atoms with E-state index in [1.54, 1.807) is 0 Å². The van der Waals surface area contributed by atoms with Crippen molar-refractivity contribution < 1.29 is 9.59 Å². The third-order valence-electron chi connectivity index (χ3n) is 6.45. The van der Waals surface area contributed by atoms with Gasteiger partial charge in [-0.2, -0.15) is 5.10 Å². The summed E-state index contributed by atoms with van der Waals surface area (Å²) in [5, 5.41) is 10.7. The van der Waals surface area contributed by atoms with Gasteiger partial charge in [0, 0.05) is 36.6 Å². The average molecular weight is 444 g/mol. The molecule has 2 heterocycles. The molecule has 3 aromatic rings. The Bertz CT molecular complexity index is 1180. The number of rotatable bonds is 5. The molecule has 0 spiro atoms. The van der Waals surface area contributed by atoms with Crippen molar-refractivity contribution in [1.29, 1.82) is 0 Å². The number of fused-ring (bicyclic) bond motifs is 1. The van der Waals surface area contributed by atoms with E-state index in [0.29, 0.717) is 12.2 Å². The molecule has 7 nitrogen and oxygen atoms in total. The monoisotopic (exact) mass is 443 g/mol. The molecule has 170 valence electrons. The van der Waals surface area contributed by atoms with Crippen LogP contribution in [0.15, 0.2) is 48.5 Å². The summed E-state index contributed by atoms with van der Waals surface area (Å²) in [5.41, 5.74) is 6.55. The number of urea groups is 1. The lowest BCUT2D eigenvalue weighted by Gasteiger charge is -2.16. The van der Waals surface area contributed by atoms with Crippen molar-refractivity contribution in [3.63, 3.8) is 0 Å². The van der Waals surface area contributed by atoms with Crippen LogP contribution in [0.5, 0.6) is 0 Å². The summed E-state index contributed by atoms with van der Waals surface area (Å²) in [6, 6.07) is 15.8. The van der Waals surface area contributed by atoms with Gasteiger partial charge < -0.3 is 15.5 Å². The Morgan fingerprint density at radius 3 is 2.58 bits per heavy atom. The van der Waals surface area contributed by atoms with E-state index in [2.05, 4.69) is 34.8 Å². The van der Waals surface area contributed by atoms with Crippen molar-refractivity contribution >= 4 is 17.6 Å². The summed E-state index contributed by atoms with van der Waals surface area (Å²) in [4.78, 5) is 27.2. The van der Waals surface area contributed by atoms with Crippen LogP contribution in [0.4, 0.5) is 10.5 Å². The van der Waals surface area contributed by atoms with Crippen LogP contribution in [-0.4, -0.2) is 39.7 Å². The molecule has 5 rings (SSSR count). The van der Waals surface area contributed by atoms with Crippen LogP contribution in [0.2, 0.25) is 0 Å². The molecule has 1 aromatic heterocycles. The Balaban J connectivity index is 1.27. The van der Waals surface area contributed by atoms with E-state index >= 15 is 0 Å². The molecular weight excluding hydrogens is 414 g/mol. The molecule has 0 radical (unpaired) electrons. The number of carbonyl (C=O) groups is 2. The molecule has 2 aliphatic rings. The lowest BCUT2D eigenvalue weighted by molar-refractivity contribution is 0.0944. The third kappa shape index (κ3) is 4.49. The number of benzene rings is 2. The zero-order valence-electron chi connectivity index (χ0n) is 18.9. The highest BCUT2D eigenvalue weighted by Crippen LogP contribution is 2.28. The maximum Gasteiger partial charge on any atom is 0.321 e. The molecule has 7 heteroatoms. The zero-order chi connectivity index (χ0) is 22.8. The SMILES string of the molecule is Cc1ccc(-n2nc(C(=O)NCc3cccc(NC(=O)N4CCCC4)c3)c3c2CCC3)cc1. The fraction of sp³-hybridized carbons (Fsp3) is 0.346. The quantitative estimate of drug-likeness (QED) is 0.619. The Hall–Kier alpha value is -3.61. The number of hydrogen-bond donors (Lipinski definition) is 2. The van der Waals surface area contributed by atoms with Crippen LogP contribution in [0.3, 0.4) is 0 Å². The highest BCUT2D eigenvalue weighted by atomic mass is 16.2. The molecule has 2 aromatic carbocycles. The molecule has 1 saturated heterocycles. The summed E-state index contributed by atoms with van der Waals surface area (Å²) < 4.78 is 1.92. The number of hydrogen-bond acceptors (Lipinski definition) is 3. The summed E-state index contributed by atoms with van der Waals surface area (Å²) in [7, 11) is 0. The molecule has 2 N–H and O–H groups in total. The smallest absolute Gasteiger partial charge is 0.321 e. The normalized spacial score (nSPS) is 14.9. The van der Waals surface area contributed by atoms with Crippen LogP contribution in [0, 0.1) is 6.92 Å². The number of likely N-dealkylation sites (tertiary alicyclic amines) is 1. The van der Waals surface area contributed by atoms with Crippen molar-refractivity contribution in [2.75, 3.05) is 18.4 Å². The van der Waals surface area contributed by atoms with Crippen LogP contribution < -0.4 is 10.6 Å². The Morgan fingerprint density at radius 1 is 1.00 bits per heavy atom. The second-order valence-electron chi connectivity index (χ2n) is 8.88. The van der Waals surface area contributed by atoms with Crippen molar-refractivity contribution in [1.82, 2.24) is 20.0 Å². The Kier molecular flexibility index (Phi) is 5.86. The van der Waals surface area contributed by atoms with Gasteiger partial charge in [0.1, 0.15) is 0 Å². The predicted octanol–water partition coefficient (Wildman–Crippen LogP) is 4.23. The molecule has 1 aliphatic heterocycles. The summed E-state index contributed by atoms with van der Waals surface area (Å²) in [6.45, 7) is 4.05. The van der Waals surface area contributed by atoms with E-state index in [-0.39, 0.29) is 11.9 Å². The molecular formula is C26H29N5O2. The van der Waals surface area contributed by atoms with Gasteiger partial charge >= 0.3 is 6.03 Å². The zero-order valence-corrected chi connectivity index (χ0v) is 18.9. The number of aromatic nitrogens is 2. The molecule has 3 amide bonds. The van der Waals surface area contributed by atoms with Crippen molar-refractivity contribution in [2.45, 2.75) is 45.6 Å². The summed E-state index contributed by atoms with van der Waals surface area (Å²) >= 11 is 0. The second-order valence-corrected chi connectivity index (χ2v) is 8.88. The van der Waals surface area contributed by atoms with Crippen molar-refractivity contribution in [3.8, 4) is 5.69 Å². The first-order chi connectivity index (χ1) is 16.1. The van der Waals surface area contributed by atoms with Gasteiger partial charge in [-0.05, 0) is 68.9 Å². The topological polar surface area (TPSA) is 79.3 Å². The molecule has 1 aliphatic carbocycles. The van der Waals surface area contributed by atoms with Crippen molar-refractivity contribution in [2.24, 2.45) is 0 Å². The Labute approximate surface area is 193 Å². The van der Waals surface area contributed by atoms with Crippen LogP contribution in [0.1, 0.15) is 52.1 Å². The first-order valence-corrected chi connectivity index (χ1v) is 11.7. The predicted molar refractivity (Wildman–Crippen MR) is 128 cm³/mol. The van der Waals surface area contributed by atoms with Crippen LogP contribution in [-0.2, 0) is 19.4 Å². The highest BCUT2D eigenvalue weighted by Gasteiger charge is 2.27. The molecule has 0 saturated carbocycles. The largest absolute Gasteiger partial charge is 0.347 e. The minimum Gasteiger partial charge on any atom is -0.347 e. The Morgan fingerprint density at radius 2 is 1.79 bits per heavy atom. The summed E-state index contributed by atoms with van der Waals surface area (Å²) in [6.07, 6.45) is 4.97. The lowest BCUT2D eigenvalue weighted by atomic mass is 10.1. The van der Waals surface area contributed by atoms with Gasteiger partial charge in [-0.3, -0.25) is 4.79 Å². The van der Waals surface area contributed by atoms with E-state index in [4.69, 9.17) is 0 Å². The minimum absolute atomic E-state index is 0.0640. The molecule has 1 fully saturated rings. The van der Waals surface area contributed by atoms with Gasteiger partial charge in [0.2, 0.25) is 0 Å².